The van der Waals surface area contributed by atoms with Gasteiger partial charge in [-0.3, -0.25) is 0 Å². The molecular weight excluding hydrogens is 220 g/mol. The van der Waals surface area contributed by atoms with Gasteiger partial charge in [0.2, 0.25) is 0 Å². The maximum absolute atomic E-state index is 3.29. The van der Waals surface area contributed by atoms with E-state index < -0.39 is 0 Å². The molecule has 1 aromatic rings. The number of likely N-dealkylation sites (N-methyl/N-ethyl adjacent to an activating group) is 2. The Balaban J connectivity index is 2.04. The van der Waals surface area contributed by atoms with Gasteiger partial charge in [0.15, 0.2) is 0 Å². The lowest BCUT2D eigenvalue weighted by atomic mass is 9.92. The van der Waals surface area contributed by atoms with Gasteiger partial charge in [-0.1, -0.05) is 31.2 Å². The monoisotopic (exact) mass is 246 g/mol. The van der Waals surface area contributed by atoms with Crippen molar-refractivity contribution in [3.63, 3.8) is 0 Å². The van der Waals surface area contributed by atoms with Crippen LogP contribution < -0.4 is 5.32 Å². The van der Waals surface area contributed by atoms with E-state index in [2.05, 4.69) is 48.5 Å². The Bertz CT molecular complexity index is 335. The first-order chi connectivity index (χ1) is 8.74. The van der Waals surface area contributed by atoms with Gasteiger partial charge in [-0.2, -0.15) is 0 Å². The molecule has 1 saturated heterocycles. The van der Waals surface area contributed by atoms with Crippen molar-refractivity contribution in [1.82, 2.24) is 10.2 Å². The minimum Gasteiger partial charge on any atom is -0.319 e. The van der Waals surface area contributed by atoms with Crippen LogP contribution >= 0.6 is 0 Å². The highest BCUT2D eigenvalue weighted by atomic mass is 15.1. The average Bonchev–Trinajstić information content (AvgIpc) is 2.83. The van der Waals surface area contributed by atoms with E-state index in [0.29, 0.717) is 5.92 Å². The number of nitrogens with one attached hydrogen (secondary N) is 1. The highest BCUT2D eigenvalue weighted by molar-refractivity contribution is 5.28. The van der Waals surface area contributed by atoms with Crippen molar-refractivity contribution < 1.29 is 0 Å². The van der Waals surface area contributed by atoms with Crippen LogP contribution in [-0.4, -0.2) is 38.6 Å². The second-order valence-electron chi connectivity index (χ2n) is 5.58. The number of benzene rings is 1. The number of nitrogens with zero attached hydrogens (tertiary/aromatic N) is 1. The molecule has 1 N–H and O–H groups in total. The first kappa shape index (κ1) is 13.6. The van der Waals surface area contributed by atoms with Crippen LogP contribution in [0.1, 0.15) is 42.7 Å². The number of likely N-dealkylation sites (tertiary alicyclic amines) is 1. The average molecular weight is 246 g/mol. The van der Waals surface area contributed by atoms with Crippen LogP contribution in [0.5, 0.6) is 0 Å². The molecular formula is C16H26N2. The van der Waals surface area contributed by atoms with E-state index in [1.807, 2.05) is 7.05 Å². The Morgan fingerprint density at radius 3 is 2.56 bits per heavy atom. The van der Waals surface area contributed by atoms with Crippen molar-refractivity contribution in [3.05, 3.63) is 35.4 Å². The summed E-state index contributed by atoms with van der Waals surface area (Å²) in [4.78, 5) is 2.43. The molecule has 0 aliphatic carbocycles. The van der Waals surface area contributed by atoms with Crippen molar-refractivity contribution in [2.75, 3.05) is 33.7 Å². The molecule has 2 unspecified atom stereocenters. The second kappa shape index (κ2) is 6.35. The number of rotatable bonds is 5. The number of hydrogen-bond acceptors (Lipinski definition) is 2. The van der Waals surface area contributed by atoms with Crippen LogP contribution in [0.4, 0.5) is 0 Å². The summed E-state index contributed by atoms with van der Waals surface area (Å²) in [5, 5.41) is 3.29. The third-order valence-electron chi connectivity index (χ3n) is 4.21. The second-order valence-corrected chi connectivity index (χ2v) is 5.58. The summed E-state index contributed by atoms with van der Waals surface area (Å²) in [7, 11) is 4.25. The van der Waals surface area contributed by atoms with E-state index in [9.17, 15) is 0 Å². The quantitative estimate of drug-likeness (QED) is 0.859. The molecule has 0 bridgehead atoms. The summed E-state index contributed by atoms with van der Waals surface area (Å²) in [6.07, 6.45) is 2.51. The van der Waals surface area contributed by atoms with Gasteiger partial charge in [0, 0.05) is 13.1 Å². The van der Waals surface area contributed by atoms with Gasteiger partial charge >= 0.3 is 0 Å². The molecule has 1 aliphatic rings. The van der Waals surface area contributed by atoms with Gasteiger partial charge in [-0.15, -0.1) is 0 Å². The fraction of sp³-hybridized carbons (Fsp3) is 0.625. The van der Waals surface area contributed by atoms with E-state index in [0.717, 1.165) is 12.5 Å². The Kier molecular flexibility index (Phi) is 4.79. The van der Waals surface area contributed by atoms with Gasteiger partial charge in [0.25, 0.3) is 0 Å². The molecule has 2 rings (SSSR count). The lowest BCUT2D eigenvalue weighted by molar-refractivity contribution is 0.411. The van der Waals surface area contributed by atoms with Crippen LogP contribution in [0.2, 0.25) is 0 Å². The first-order valence-corrected chi connectivity index (χ1v) is 7.17. The van der Waals surface area contributed by atoms with Gasteiger partial charge in [0.1, 0.15) is 0 Å². The molecule has 0 radical (unpaired) electrons. The summed E-state index contributed by atoms with van der Waals surface area (Å²) in [5.41, 5.74) is 2.99. The molecule has 2 nitrogen and oxygen atoms in total. The third kappa shape index (κ3) is 3.12. The maximum atomic E-state index is 3.29. The molecule has 2 atom stereocenters. The van der Waals surface area contributed by atoms with Crippen LogP contribution in [0.3, 0.4) is 0 Å². The van der Waals surface area contributed by atoms with Crippen LogP contribution in [-0.2, 0) is 0 Å². The van der Waals surface area contributed by atoms with Crippen molar-refractivity contribution in [1.29, 1.82) is 0 Å². The Morgan fingerprint density at radius 2 is 2.06 bits per heavy atom. The van der Waals surface area contributed by atoms with Gasteiger partial charge in [-0.05, 0) is 56.4 Å². The zero-order valence-corrected chi connectivity index (χ0v) is 11.9. The van der Waals surface area contributed by atoms with Crippen LogP contribution in [0, 0.1) is 0 Å². The summed E-state index contributed by atoms with van der Waals surface area (Å²) in [6, 6.07) is 9.35. The Morgan fingerprint density at radius 1 is 1.33 bits per heavy atom. The van der Waals surface area contributed by atoms with Crippen molar-refractivity contribution in [2.45, 2.75) is 31.6 Å². The van der Waals surface area contributed by atoms with Crippen molar-refractivity contribution >= 4 is 0 Å². The molecule has 1 aliphatic heterocycles. The molecule has 18 heavy (non-hydrogen) atoms. The highest BCUT2D eigenvalue weighted by Gasteiger charge is 2.21. The van der Waals surface area contributed by atoms with Crippen LogP contribution in [0.25, 0.3) is 0 Å². The largest absolute Gasteiger partial charge is 0.319 e. The number of hydrogen-bond donors (Lipinski definition) is 1. The summed E-state index contributed by atoms with van der Waals surface area (Å²) in [6.45, 7) is 5.79. The molecule has 2 heteroatoms. The van der Waals surface area contributed by atoms with E-state index >= 15 is 0 Å². The zero-order chi connectivity index (χ0) is 13.0. The van der Waals surface area contributed by atoms with Gasteiger partial charge in [0.05, 0.1) is 0 Å². The fourth-order valence-electron chi connectivity index (χ4n) is 2.99. The zero-order valence-electron chi connectivity index (χ0n) is 11.9. The molecule has 1 fully saturated rings. The van der Waals surface area contributed by atoms with Crippen molar-refractivity contribution in [3.8, 4) is 0 Å². The minimum absolute atomic E-state index is 0.648. The van der Waals surface area contributed by atoms with E-state index in [4.69, 9.17) is 0 Å². The predicted molar refractivity (Wildman–Crippen MR) is 78.3 cm³/mol. The lowest BCUT2D eigenvalue weighted by Crippen LogP contribution is -2.16. The van der Waals surface area contributed by atoms with E-state index in [1.165, 1.54) is 37.1 Å². The molecule has 1 aromatic carbocycles. The van der Waals surface area contributed by atoms with E-state index in [1.54, 1.807) is 0 Å². The smallest absolute Gasteiger partial charge is 0.00477 e. The third-order valence-corrected chi connectivity index (χ3v) is 4.21. The topological polar surface area (TPSA) is 15.3 Å². The molecule has 0 saturated carbocycles. The summed E-state index contributed by atoms with van der Waals surface area (Å²) in [5.74, 6) is 1.39. The Hall–Kier alpha value is -0.860. The maximum Gasteiger partial charge on any atom is 0.00477 e. The summed E-state index contributed by atoms with van der Waals surface area (Å²) < 4.78 is 0. The molecule has 0 amide bonds. The molecule has 0 spiro atoms. The Labute approximate surface area is 111 Å². The molecule has 0 aromatic heterocycles. The van der Waals surface area contributed by atoms with Crippen molar-refractivity contribution in [2.24, 2.45) is 0 Å². The summed E-state index contributed by atoms with van der Waals surface area (Å²) >= 11 is 0. The SMILES string of the molecule is CCC(CNC)c1ccc(C2CCN(C)C2)cc1. The van der Waals surface area contributed by atoms with Crippen LogP contribution in [0.15, 0.2) is 24.3 Å². The predicted octanol–water partition coefficient (Wildman–Crippen LogP) is 2.82. The van der Waals surface area contributed by atoms with Gasteiger partial charge < -0.3 is 10.2 Å². The lowest BCUT2D eigenvalue weighted by Gasteiger charge is -2.16. The minimum atomic E-state index is 0.648. The molecule has 1 heterocycles. The fourth-order valence-corrected chi connectivity index (χ4v) is 2.99. The highest BCUT2D eigenvalue weighted by Crippen LogP contribution is 2.28. The van der Waals surface area contributed by atoms with E-state index in [-0.39, 0.29) is 0 Å². The normalized spacial score (nSPS) is 22.3. The standard InChI is InChI=1S/C16H26N2/c1-4-13(11-17-2)14-5-7-15(8-6-14)16-9-10-18(3)12-16/h5-8,13,16-17H,4,9-12H2,1-3H3. The van der Waals surface area contributed by atoms with Gasteiger partial charge in [-0.25, -0.2) is 0 Å². The molecule has 100 valence electrons. The first-order valence-electron chi connectivity index (χ1n) is 7.17.